The predicted octanol–water partition coefficient (Wildman–Crippen LogP) is 4.06. The van der Waals surface area contributed by atoms with Gasteiger partial charge in [0.1, 0.15) is 0 Å². The quantitative estimate of drug-likeness (QED) is 0.663. The minimum Gasteiger partial charge on any atom is -0.367 e. The average Bonchev–Trinajstić information content (AvgIpc) is 3.24. The van der Waals surface area contributed by atoms with Crippen LogP contribution in [0, 0.1) is 13.8 Å². The van der Waals surface area contributed by atoms with E-state index in [-0.39, 0.29) is 17.7 Å². The van der Waals surface area contributed by atoms with Crippen molar-refractivity contribution in [2.45, 2.75) is 59.6 Å². The van der Waals surface area contributed by atoms with E-state index in [1.807, 2.05) is 33.8 Å². The summed E-state index contributed by atoms with van der Waals surface area (Å²) in [5, 5.41) is 10.7. The van der Waals surface area contributed by atoms with Crippen LogP contribution in [0.15, 0.2) is 48.6 Å². The molecule has 34 heavy (non-hydrogen) atoms. The zero-order valence-electron chi connectivity index (χ0n) is 20.3. The third-order valence-corrected chi connectivity index (χ3v) is 6.52. The number of amides is 3. The van der Waals surface area contributed by atoms with Crippen molar-refractivity contribution in [3.05, 3.63) is 82.0 Å². The van der Waals surface area contributed by atoms with E-state index >= 15 is 0 Å². The number of rotatable bonds is 6. The van der Waals surface area contributed by atoms with Crippen molar-refractivity contribution < 1.29 is 19.5 Å². The Labute approximate surface area is 200 Å². The molecule has 2 aliphatic heterocycles. The summed E-state index contributed by atoms with van der Waals surface area (Å²) < 4.78 is 0. The fourth-order valence-corrected chi connectivity index (χ4v) is 5.04. The molecular weight excluding hydrogens is 428 g/mol. The minimum absolute atomic E-state index is 0.227. The van der Waals surface area contributed by atoms with Crippen LogP contribution >= 0.6 is 0 Å². The molecule has 1 unspecified atom stereocenters. The summed E-state index contributed by atoms with van der Waals surface area (Å²) in [7, 11) is 0. The highest BCUT2D eigenvalue weighted by Gasteiger charge is 2.38. The van der Waals surface area contributed by atoms with Gasteiger partial charge in [0.25, 0.3) is 17.7 Å². The van der Waals surface area contributed by atoms with E-state index in [1.165, 1.54) is 34.1 Å². The number of carbonyl (C=O) groups excluding carboxylic acids is 3. The highest BCUT2D eigenvalue weighted by Crippen LogP contribution is 2.36. The number of imide groups is 1. The maximum atomic E-state index is 12.5. The highest BCUT2D eigenvalue weighted by atomic mass is 16.3. The molecule has 3 amide bonds. The molecule has 0 bridgehead atoms. The molecule has 0 saturated carbocycles. The molecule has 2 aromatic rings. The maximum Gasteiger partial charge on any atom is 0.258 e. The summed E-state index contributed by atoms with van der Waals surface area (Å²) in [6, 6.07) is 8.24. The standard InChI is InChI=1S/C28H30N2O4/c1-6-21-15-19(12-17(3)26(21)29-23(31)8-9-24(29)32)14-20-13-18(4)27(22(7-2)16-20)30-25(33)10-11-28(30,5)34/h8-13,15-16,34H,6-7,14H2,1-5H3. The molecule has 0 fully saturated rings. The van der Waals surface area contributed by atoms with Crippen LogP contribution in [0.25, 0.3) is 0 Å². The van der Waals surface area contributed by atoms with Crippen molar-refractivity contribution in [3.8, 4) is 0 Å². The first kappa shape index (κ1) is 23.6. The number of carbonyl (C=O) groups is 3. The summed E-state index contributed by atoms with van der Waals surface area (Å²) in [4.78, 5) is 39.7. The maximum absolute atomic E-state index is 12.5. The van der Waals surface area contributed by atoms with E-state index in [0.717, 1.165) is 39.1 Å². The van der Waals surface area contributed by atoms with Gasteiger partial charge < -0.3 is 5.11 Å². The van der Waals surface area contributed by atoms with Crippen LogP contribution in [0.1, 0.15) is 54.2 Å². The molecular formula is C28H30N2O4. The van der Waals surface area contributed by atoms with Gasteiger partial charge in [-0.15, -0.1) is 0 Å². The van der Waals surface area contributed by atoms with Gasteiger partial charge in [0.15, 0.2) is 5.72 Å². The lowest BCUT2D eigenvalue weighted by molar-refractivity contribution is -0.120. The number of aliphatic hydroxyl groups is 1. The molecule has 1 atom stereocenters. The Kier molecular flexibility index (Phi) is 6.04. The van der Waals surface area contributed by atoms with Crippen LogP contribution < -0.4 is 9.80 Å². The predicted molar refractivity (Wildman–Crippen MR) is 133 cm³/mol. The molecule has 176 valence electrons. The van der Waals surface area contributed by atoms with Gasteiger partial charge in [-0.05, 0) is 79.5 Å². The lowest BCUT2D eigenvalue weighted by atomic mass is 9.93. The fourth-order valence-electron chi connectivity index (χ4n) is 5.04. The minimum atomic E-state index is -1.35. The van der Waals surface area contributed by atoms with Crippen molar-refractivity contribution in [2.24, 2.45) is 0 Å². The van der Waals surface area contributed by atoms with E-state index in [0.29, 0.717) is 24.9 Å². The summed E-state index contributed by atoms with van der Waals surface area (Å²) in [5.74, 6) is -0.845. The second-order valence-electron chi connectivity index (χ2n) is 9.17. The molecule has 0 aromatic heterocycles. The summed E-state index contributed by atoms with van der Waals surface area (Å²) >= 11 is 0. The van der Waals surface area contributed by atoms with Gasteiger partial charge >= 0.3 is 0 Å². The first-order valence-corrected chi connectivity index (χ1v) is 11.6. The highest BCUT2D eigenvalue weighted by molar-refractivity contribution is 6.28. The fraction of sp³-hybridized carbons (Fsp3) is 0.321. The van der Waals surface area contributed by atoms with Crippen molar-refractivity contribution in [1.29, 1.82) is 0 Å². The Morgan fingerprint density at radius 3 is 1.74 bits per heavy atom. The molecule has 6 nitrogen and oxygen atoms in total. The van der Waals surface area contributed by atoms with Crippen LogP contribution in [0.5, 0.6) is 0 Å². The van der Waals surface area contributed by atoms with Crippen molar-refractivity contribution in [1.82, 2.24) is 0 Å². The first-order valence-electron chi connectivity index (χ1n) is 11.6. The Morgan fingerprint density at radius 2 is 1.26 bits per heavy atom. The Balaban J connectivity index is 1.70. The van der Waals surface area contributed by atoms with E-state index in [4.69, 9.17) is 0 Å². The van der Waals surface area contributed by atoms with Crippen LogP contribution in [0.3, 0.4) is 0 Å². The van der Waals surface area contributed by atoms with E-state index in [1.54, 1.807) is 6.92 Å². The summed E-state index contributed by atoms with van der Waals surface area (Å²) in [6.07, 6.45) is 7.63. The van der Waals surface area contributed by atoms with E-state index in [9.17, 15) is 19.5 Å². The molecule has 0 spiro atoms. The topological polar surface area (TPSA) is 77.9 Å². The number of hydrogen-bond acceptors (Lipinski definition) is 4. The number of anilines is 2. The van der Waals surface area contributed by atoms with E-state index in [2.05, 4.69) is 18.2 Å². The Bertz CT molecular complexity index is 1250. The van der Waals surface area contributed by atoms with Crippen molar-refractivity contribution in [3.63, 3.8) is 0 Å². The smallest absolute Gasteiger partial charge is 0.258 e. The van der Waals surface area contributed by atoms with Crippen LogP contribution in [-0.2, 0) is 33.6 Å². The molecule has 0 saturated heterocycles. The Morgan fingerprint density at radius 1 is 0.765 bits per heavy atom. The zero-order valence-corrected chi connectivity index (χ0v) is 20.3. The van der Waals surface area contributed by atoms with Crippen molar-refractivity contribution >= 4 is 29.1 Å². The molecule has 2 aliphatic rings. The monoisotopic (exact) mass is 458 g/mol. The molecule has 6 heteroatoms. The number of nitrogens with zero attached hydrogens (tertiary/aromatic N) is 2. The Hall–Kier alpha value is -3.51. The normalized spacial score (nSPS) is 19.8. The van der Waals surface area contributed by atoms with Crippen LogP contribution in [-0.4, -0.2) is 28.6 Å². The molecule has 2 aromatic carbocycles. The summed E-state index contributed by atoms with van der Waals surface area (Å²) in [6.45, 7) is 9.56. The zero-order chi connectivity index (χ0) is 24.8. The van der Waals surface area contributed by atoms with Gasteiger partial charge in [-0.1, -0.05) is 38.1 Å². The average molecular weight is 459 g/mol. The first-order chi connectivity index (χ1) is 16.1. The lowest BCUT2D eigenvalue weighted by Crippen LogP contribution is -2.44. The third kappa shape index (κ3) is 3.99. The van der Waals surface area contributed by atoms with Gasteiger partial charge in [-0.25, -0.2) is 4.90 Å². The van der Waals surface area contributed by atoms with Gasteiger partial charge in [0.2, 0.25) is 0 Å². The largest absolute Gasteiger partial charge is 0.367 e. The second-order valence-corrected chi connectivity index (χ2v) is 9.17. The molecule has 1 N–H and O–H groups in total. The van der Waals surface area contributed by atoms with Gasteiger partial charge in [-0.3, -0.25) is 19.3 Å². The van der Waals surface area contributed by atoms with Gasteiger partial charge in [0, 0.05) is 18.2 Å². The van der Waals surface area contributed by atoms with Gasteiger partial charge in [0.05, 0.1) is 11.4 Å². The third-order valence-electron chi connectivity index (χ3n) is 6.52. The number of benzene rings is 2. The SMILES string of the molecule is CCc1cc(Cc2cc(C)c(N3C(=O)C=CC3(C)O)c(CC)c2)cc(C)c1N1C(=O)C=CC1=O. The molecule has 2 heterocycles. The van der Waals surface area contributed by atoms with Gasteiger partial charge in [-0.2, -0.15) is 0 Å². The number of aryl methyl sites for hydroxylation is 4. The molecule has 0 radical (unpaired) electrons. The van der Waals surface area contributed by atoms with Crippen LogP contribution in [0.2, 0.25) is 0 Å². The molecule has 4 rings (SSSR count). The molecule has 0 aliphatic carbocycles. The van der Waals surface area contributed by atoms with E-state index < -0.39 is 5.72 Å². The summed E-state index contributed by atoms with van der Waals surface area (Å²) in [5.41, 5.74) is 6.02. The van der Waals surface area contributed by atoms with Crippen molar-refractivity contribution in [2.75, 3.05) is 9.80 Å². The van der Waals surface area contributed by atoms with Crippen LogP contribution in [0.4, 0.5) is 11.4 Å². The second kappa shape index (κ2) is 8.69. The lowest BCUT2D eigenvalue weighted by Gasteiger charge is -2.33. The number of hydrogen-bond donors (Lipinski definition) is 1.